The van der Waals surface area contributed by atoms with E-state index in [1.807, 2.05) is 12.1 Å². The highest BCUT2D eigenvalue weighted by Gasteiger charge is 2.44. The van der Waals surface area contributed by atoms with Gasteiger partial charge < -0.3 is 16.4 Å². The van der Waals surface area contributed by atoms with Crippen molar-refractivity contribution < 1.29 is 14.4 Å². The Morgan fingerprint density at radius 2 is 1.81 bits per heavy atom. The molecule has 3 amide bonds. The number of nitrogens with two attached hydrogens (primary N) is 1. The SMILES string of the molecule is CCC[C@@H](C(N)=O)[C@H](CN[C@H]1CCc2cccc3c2N(C1=O)[C@H](C(=O)N[C@@H]1CCN(Cc2ccccc2)C1)C3)CC(C)C. The second kappa shape index (κ2) is 14.0. The number of para-hydroxylation sites is 1. The summed E-state index contributed by atoms with van der Waals surface area (Å²) in [6.07, 6.45) is 5.35. The predicted octanol–water partition coefficient (Wildman–Crippen LogP) is 3.80. The van der Waals surface area contributed by atoms with E-state index in [1.165, 1.54) is 5.56 Å². The summed E-state index contributed by atoms with van der Waals surface area (Å²) in [5, 5.41) is 6.86. The fraction of sp³-hybridized carbons (Fsp3) is 0.571. The summed E-state index contributed by atoms with van der Waals surface area (Å²) in [5.74, 6) is -0.127. The zero-order valence-corrected chi connectivity index (χ0v) is 26.1. The van der Waals surface area contributed by atoms with Crippen LogP contribution < -0.4 is 21.3 Å². The van der Waals surface area contributed by atoms with Gasteiger partial charge in [-0.1, -0.05) is 75.7 Å². The van der Waals surface area contributed by atoms with E-state index in [0.717, 1.165) is 68.6 Å². The summed E-state index contributed by atoms with van der Waals surface area (Å²) in [4.78, 5) is 44.6. The number of primary amides is 1. The van der Waals surface area contributed by atoms with Gasteiger partial charge in [0.2, 0.25) is 17.7 Å². The average Bonchev–Trinajstić information content (AvgIpc) is 3.56. The van der Waals surface area contributed by atoms with Crippen LogP contribution in [0.15, 0.2) is 48.5 Å². The molecule has 232 valence electrons. The minimum atomic E-state index is -0.556. The van der Waals surface area contributed by atoms with E-state index >= 15 is 0 Å². The van der Waals surface area contributed by atoms with Gasteiger partial charge in [-0.05, 0) is 67.2 Å². The Hall–Kier alpha value is -3.23. The Kier molecular flexibility index (Phi) is 10.2. The van der Waals surface area contributed by atoms with Crippen LogP contribution in [0.25, 0.3) is 0 Å². The normalized spacial score (nSPS) is 23.2. The second-order valence-electron chi connectivity index (χ2n) is 13.3. The van der Waals surface area contributed by atoms with Gasteiger partial charge in [0.1, 0.15) is 6.04 Å². The summed E-state index contributed by atoms with van der Waals surface area (Å²) >= 11 is 0. The van der Waals surface area contributed by atoms with E-state index < -0.39 is 12.1 Å². The zero-order valence-electron chi connectivity index (χ0n) is 26.1. The Morgan fingerprint density at radius 1 is 1.05 bits per heavy atom. The lowest BCUT2D eigenvalue weighted by molar-refractivity contribution is -0.127. The number of carbonyl (C=O) groups is 3. The second-order valence-corrected chi connectivity index (χ2v) is 13.3. The lowest BCUT2D eigenvalue weighted by atomic mass is 9.82. The number of benzene rings is 2. The van der Waals surface area contributed by atoms with Gasteiger partial charge in [0.15, 0.2) is 0 Å². The quantitative estimate of drug-likeness (QED) is 0.331. The van der Waals surface area contributed by atoms with Crippen molar-refractivity contribution in [3.63, 3.8) is 0 Å². The summed E-state index contributed by atoms with van der Waals surface area (Å²) in [7, 11) is 0. The number of nitrogens with one attached hydrogen (secondary N) is 2. The van der Waals surface area contributed by atoms with Crippen molar-refractivity contribution in [2.75, 3.05) is 24.5 Å². The molecule has 1 fully saturated rings. The lowest BCUT2D eigenvalue weighted by Gasteiger charge is -2.31. The van der Waals surface area contributed by atoms with Crippen molar-refractivity contribution in [3.05, 3.63) is 65.2 Å². The molecule has 0 aliphatic carbocycles. The van der Waals surface area contributed by atoms with Crippen molar-refractivity contribution >= 4 is 23.4 Å². The number of nitrogens with zero attached hydrogens (tertiary/aromatic N) is 2. The van der Waals surface area contributed by atoms with E-state index in [1.54, 1.807) is 4.90 Å². The molecule has 0 bridgehead atoms. The van der Waals surface area contributed by atoms with Gasteiger partial charge in [0.05, 0.1) is 11.7 Å². The summed E-state index contributed by atoms with van der Waals surface area (Å²) in [6, 6.07) is 15.7. The van der Waals surface area contributed by atoms with E-state index in [4.69, 9.17) is 5.73 Å². The van der Waals surface area contributed by atoms with Gasteiger partial charge in [-0.2, -0.15) is 0 Å². The molecule has 2 aromatic rings. The highest BCUT2D eigenvalue weighted by atomic mass is 16.2. The van der Waals surface area contributed by atoms with Gasteiger partial charge in [0.25, 0.3) is 0 Å². The van der Waals surface area contributed by atoms with E-state index in [-0.39, 0.29) is 35.6 Å². The lowest BCUT2D eigenvalue weighted by Crippen LogP contribution is -2.55. The maximum Gasteiger partial charge on any atom is 0.244 e. The minimum Gasteiger partial charge on any atom is -0.369 e. The molecule has 8 nitrogen and oxygen atoms in total. The smallest absolute Gasteiger partial charge is 0.244 e. The van der Waals surface area contributed by atoms with Gasteiger partial charge in [0, 0.05) is 38.0 Å². The Morgan fingerprint density at radius 3 is 2.53 bits per heavy atom. The summed E-state index contributed by atoms with van der Waals surface area (Å²) in [6.45, 7) is 9.55. The van der Waals surface area contributed by atoms with Gasteiger partial charge in [-0.25, -0.2) is 0 Å². The molecule has 2 aromatic carbocycles. The third kappa shape index (κ3) is 7.29. The van der Waals surface area contributed by atoms with Crippen LogP contribution in [0.1, 0.15) is 69.6 Å². The Labute approximate surface area is 256 Å². The fourth-order valence-corrected chi connectivity index (χ4v) is 7.47. The Bertz CT molecular complexity index is 1280. The first-order valence-electron chi connectivity index (χ1n) is 16.3. The van der Waals surface area contributed by atoms with E-state index in [2.05, 4.69) is 72.7 Å². The van der Waals surface area contributed by atoms with E-state index in [9.17, 15) is 14.4 Å². The number of amides is 3. The monoisotopic (exact) mass is 587 g/mol. The Balaban J connectivity index is 1.28. The molecule has 3 aliphatic heterocycles. The van der Waals surface area contributed by atoms with Crippen LogP contribution in [0.5, 0.6) is 0 Å². The predicted molar refractivity (Wildman–Crippen MR) is 170 cm³/mol. The number of hydrogen-bond acceptors (Lipinski definition) is 5. The number of likely N-dealkylation sites (tertiary alicyclic amines) is 1. The van der Waals surface area contributed by atoms with Gasteiger partial charge >= 0.3 is 0 Å². The highest BCUT2D eigenvalue weighted by molar-refractivity contribution is 6.07. The van der Waals surface area contributed by atoms with Crippen molar-refractivity contribution in [1.29, 1.82) is 0 Å². The number of carbonyl (C=O) groups excluding carboxylic acids is 3. The van der Waals surface area contributed by atoms with Crippen LogP contribution in [-0.4, -0.2) is 60.4 Å². The number of anilines is 1. The van der Waals surface area contributed by atoms with Gasteiger partial charge in [-0.3, -0.25) is 24.2 Å². The average molecular weight is 588 g/mol. The van der Waals surface area contributed by atoms with Crippen LogP contribution in [0, 0.1) is 17.8 Å². The molecule has 3 heterocycles. The molecule has 5 atom stereocenters. The largest absolute Gasteiger partial charge is 0.369 e. The molecule has 0 unspecified atom stereocenters. The number of aryl methyl sites for hydroxylation is 1. The maximum absolute atomic E-state index is 14.2. The maximum atomic E-state index is 14.2. The first-order valence-corrected chi connectivity index (χ1v) is 16.3. The van der Waals surface area contributed by atoms with Crippen molar-refractivity contribution in [2.45, 2.75) is 90.4 Å². The molecule has 0 aromatic heterocycles. The molecule has 4 N–H and O–H groups in total. The molecular formula is C35H49N5O3. The van der Waals surface area contributed by atoms with Crippen molar-refractivity contribution in [1.82, 2.24) is 15.5 Å². The van der Waals surface area contributed by atoms with Crippen LogP contribution in [0.2, 0.25) is 0 Å². The van der Waals surface area contributed by atoms with Crippen LogP contribution in [0.4, 0.5) is 5.69 Å². The molecular weight excluding hydrogens is 538 g/mol. The molecule has 3 aliphatic rings. The fourth-order valence-electron chi connectivity index (χ4n) is 7.47. The molecule has 0 radical (unpaired) electrons. The van der Waals surface area contributed by atoms with Crippen molar-refractivity contribution in [2.24, 2.45) is 23.5 Å². The van der Waals surface area contributed by atoms with Crippen LogP contribution in [0.3, 0.4) is 0 Å². The molecule has 0 spiro atoms. The number of hydrogen-bond donors (Lipinski definition) is 3. The first kappa shape index (κ1) is 31.2. The molecule has 1 saturated heterocycles. The molecule has 5 rings (SSSR count). The standard InChI is InChI=1S/C35H49N5O3/c1-4-9-29(33(36)41)27(18-23(2)3)20-37-30-15-14-25-12-8-13-26-19-31(40(32(25)26)35(30)43)34(42)38-28-16-17-39(22-28)21-24-10-6-5-7-11-24/h5-8,10-13,23,27-31,37H,4,9,14-22H2,1-3H3,(H2,36,41)(H,38,42)/t27-,28+,29+,30-,31-/m0/s1. The summed E-state index contributed by atoms with van der Waals surface area (Å²) in [5.41, 5.74) is 10.2. The molecule has 0 saturated carbocycles. The topological polar surface area (TPSA) is 108 Å². The third-order valence-corrected chi connectivity index (χ3v) is 9.51. The zero-order chi connectivity index (χ0) is 30.5. The van der Waals surface area contributed by atoms with Gasteiger partial charge in [-0.15, -0.1) is 0 Å². The minimum absolute atomic E-state index is 0.0459. The van der Waals surface area contributed by atoms with E-state index in [0.29, 0.717) is 25.3 Å². The first-order chi connectivity index (χ1) is 20.7. The molecule has 8 heteroatoms. The summed E-state index contributed by atoms with van der Waals surface area (Å²) < 4.78 is 0. The van der Waals surface area contributed by atoms with Crippen LogP contribution >= 0.6 is 0 Å². The highest BCUT2D eigenvalue weighted by Crippen LogP contribution is 2.39. The van der Waals surface area contributed by atoms with Crippen molar-refractivity contribution in [3.8, 4) is 0 Å². The van der Waals surface area contributed by atoms with Crippen LogP contribution in [-0.2, 0) is 33.8 Å². The molecule has 43 heavy (non-hydrogen) atoms. The third-order valence-electron chi connectivity index (χ3n) is 9.51. The number of rotatable bonds is 13.